The summed E-state index contributed by atoms with van der Waals surface area (Å²) in [5.74, 6) is -0.0497. The van der Waals surface area contributed by atoms with Gasteiger partial charge in [0.2, 0.25) is 10.0 Å². The van der Waals surface area contributed by atoms with Gasteiger partial charge in [-0.2, -0.15) is 4.31 Å². The molecule has 1 aromatic carbocycles. The molecule has 2 fully saturated rings. The standard InChI is InChI=1S/C22H19N3O6S2/c1-13-8-14(2-3-19(13)33(28,29)25-4-6-30-7-5-25)17-12-23-11-15-9-16(31-20(15)17)10-18-21(26)24-22(27)32-18/h2-3,8-12H,4-7H2,1H3,(H,24,26,27)/b18-10-. The van der Waals surface area contributed by atoms with Crippen LogP contribution in [0.25, 0.3) is 28.2 Å². The smallest absolute Gasteiger partial charge is 0.290 e. The topological polar surface area (TPSA) is 119 Å². The van der Waals surface area contributed by atoms with E-state index >= 15 is 0 Å². The SMILES string of the molecule is Cc1cc(-c2cncc3cc(/C=C4\SC(=O)NC4=O)oc23)ccc1S(=O)(=O)N1CCOCC1. The summed E-state index contributed by atoms with van der Waals surface area (Å²) in [5, 5.41) is 2.50. The van der Waals surface area contributed by atoms with Gasteiger partial charge in [0, 0.05) is 42.5 Å². The van der Waals surface area contributed by atoms with Crippen LogP contribution in [0.15, 0.2) is 50.9 Å². The second-order valence-corrected chi connectivity index (χ2v) is 10.5. The number of imide groups is 1. The molecule has 0 spiro atoms. The summed E-state index contributed by atoms with van der Waals surface area (Å²) in [4.78, 5) is 28.0. The highest BCUT2D eigenvalue weighted by Crippen LogP contribution is 2.34. The summed E-state index contributed by atoms with van der Waals surface area (Å²) in [5.41, 5.74) is 2.61. The largest absolute Gasteiger partial charge is 0.456 e. The summed E-state index contributed by atoms with van der Waals surface area (Å²) in [7, 11) is -3.61. The predicted molar refractivity (Wildman–Crippen MR) is 123 cm³/mol. The number of nitrogens with zero attached hydrogens (tertiary/aromatic N) is 2. The number of fused-ring (bicyclic) bond motifs is 1. The summed E-state index contributed by atoms with van der Waals surface area (Å²) in [6.45, 7) is 3.19. The number of amides is 2. The van der Waals surface area contributed by atoms with Crippen molar-refractivity contribution < 1.29 is 27.2 Å². The number of thioether (sulfide) groups is 1. The molecule has 4 heterocycles. The molecule has 11 heteroatoms. The van der Waals surface area contributed by atoms with Crippen LogP contribution in [0.5, 0.6) is 0 Å². The van der Waals surface area contributed by atoms with E-state index in [-0.39, 0.29) is 9.80 Å². The number of carbonyl (C=O) groups excluding carboxylic acids is 2. The Morgan fingerprint density at radius 1 is 1.15 bits per heavy atom. The minimum Gasteiger partial charge on any atom is -0.456 e. The van der Waals surface area contributed by atoms with E-state index in [0.717, 1.165) is 22.7 Å². The molecule has 2 aromatic heterocycles. The molecule has 0 bridgehead atoms. The minimum atomic E-state index is -3.61. The maximum Gasteiger partial charge on any atom is 0.290 e. The van der Waals surface area contributed by atoms with E-state index in [1.165, 1.54) is 10.4 Å². The van der Waals surface area contributed by atoms with Gasteiger partial charge in [0.15, 0.2) is 0 Å². The maximum absolute atomic E-state index is 13.1. The first-order chi connectivity index (χ1) is 15.8. The summed E-state index contributed by atoms with van der Waals surface area (Å²) < 4.78 is 38.8. The monoisotopic (exact) mass is 485 g/mol. The molecule has 0 aliphatic carbocycles. The summed E-state index contributed by atoms with van der Waals surface area (Å²) >= 11 is 0.814. The third-order valence-corrected chi connectivity index (χ3v) is 8.30. The van der Waals surface area contributed by atoms with Crippen LogP contribution in [-0.2, 0) is 19.6 Å². The average Bonchev–Trinajstić information content (AvgIpc) is 3.35. The Morgan fingerprint density at radius 2 is 1.94 bits per heavy atom. The van der Waals surface area contributed by atoms with Crippen molar-refractivity contribution in [1.29, 1.82) is 0 Å². The molecule has 33 heavy (non-hydrogen) atoms. The molecule has 0 radical (unpaired) electrons. The first-order valence-electron chi connectivity index (χ1n) is 10.1. The Balaban J connectivity index is 1.51. The molecule has 2 amide bonds. The second kappa shape index (κ2) is 8.41. The van der Waals surface area contributed by atoms with E-state index in [4.69, 9.17) is 9.15 Å². The van der Waals surface area contributed by atoms with Gasteiger partial charge in [-0.05, 0) is 48.0 Å². The van der Waals surface area contributed by atoms with Gasteiger partial charge in [0.1, 0.15) is 11.3 Å². The zero-order valence-corrected chi connectivity index (χ0v) is 19.2. The van der Waals surface area contributed by atoms with E-state index in [1.54, 1.807) is 43.6 Å². The molecule has 170 valence electrons. The lowest BCUT2D eigenvalue weighted by Crippen LogP contribution is -2.40. The van der Waals surface area contributed by atoms with Gasteiger partial charge in [-0.15, -0.1) is 0 Å². The lowest BCUT2D eigenvalue weighted by Gasteiger charge is -2.26. The fourth-order valence-electron chi connectivity index (χ4n) is 3.84. The Kier molecular flexibility index (Phi) is 5.57. The summed E-state index contributed by atoms with van der Waals surface area (Å²) in [6.07, 6.45) is 4.80. The number of ether oxygens (including phenoxy) is 1. The number of morpholine rings is 1. The van der Waals surface area contributed by atoms with Crippen LogP contribution < -0.4 is 5.32 Å². The molecular formula is C22H19N3O6S2. The number of pyridine rings is 1. The van der Waals surface area contributed by atoms with Gasteiger partial charge in [0.25, 0.3) is 11.1 Å². The molecule has 2 aliphatic heterocycles. The van der Waals surface area contributed by atoms with E-state index in [2.05, 4.69) is 10.3 Å². The Bertz CT molecular complexity index is 1420. The normalized spacial score (nSPS) is 18.9. The van der Waals surface area contributed by atoms with Gasteiger partial charge in [-0.1, -0.05) is 6.07 Å². The molecule has 3 aromatic rings. The van der Waals surface area contributed by atoms with Gasteiger partial charge in [-0.3, -0.25) is 19.9 Å². The number of hydrogen-bond acceptors (Lipinski definition) is 8. The van der Waals surface area contributed by atoms with Crippen molar-refractivity contribution >= 4 is 50.0 Å². The molecule has 9 nitrogen and oxygen atoms in total. The fraction of sp³-hybridized carbons (Fsp3) is 0.227. The van der Waals surface area contributed by atoms with Crippen molar-refractivity contribution in [3.05, 3.63) is 52.9 Å². The third-order valence-electron chi connectivity index (χ3n) is 5.43. The van der Waals surface area contributed by atoms with Crippen molar-refractivity contribution in [2.24, 2.45) is 0 Å². The number of hydrogen-bond donors (Lipinski definition) is 1. The van der Waals surface area contributed by atoms with Gasteiger partial charge >= 0.3 is 0 Å². The number of furan rings is 1. The number of aryl methyl sites for hydroxylation is 1. The van der Waals surface area contributed by atoms with Crippen LogP contribution in [0.2, 0.25) is 0 Å². The van der Waals surface area contributed by atoms with Crippen LogP contribution in [0.4, 0.5) is 4.79 Å². The molecule has 0 saturated carbocycles. The number of nitrogens with one attached hydrogen (secondary N) is 1. The molecular weight excluding hydrogens is 466 g/mol. The highest BCUT2D eigenvalue weighted by Gasteiger charge is 2.28. The van der Waals surface area contributed by atoms with Gasteiger partial charge < -0.3 is 9.15 Å². The number of benzene rings is 1. The van der Waals surface area contributed by atoms with Gasteiger partial charge in [0.05, 0.1) is 23.0 Å². The highest BCUT2D eigenvalue weighted by molar-refractivity contribution is 8.18. The van der Waals surface area contributed by atoms with E-state index < -0.39 is 21.2 Å². The van der Waals surface area contributed by atoms with E-state index in [9.17, 15) is 18.0 Å². The van der Waals surface area contributed by atoms with Gasteiger partial charge in [-0.25, -0.2) is 8.42 Å². The minimum absolute atomic E-state index is 0.252. The number of rotatable bonds is 4. The van der Waals surface area contributed by atoms with E-state index in [1.807, 2.05) is 0 Å². The van der Waals surface area contributed by atoms with Crippen LogP contribution in [-0.4, -0.2) is 55.2 Å². The van der Waals surface area contributed by atoms with Crippen molar-refractivity contribution in [2.45, 2.75) is 11.8 Å². The first-order valence-corrected chi connectivity index (χ1v) is 12.4. The molecule has 1 N–H and O–H groups in total. The molecule has 5 rings (SSSR count). The zero-order chi connectivity index (χ0) is 23.2. The van der Waals surface area contributed by atoms with Crippen molar-refractivity contribution in [3.63, 3.8) is 0 Å². The van der Waals surface area contributed by atoms with Crippen LogP contribution in [0.3, 0.4) is 0 Å². The quantitative estimate of drug-likeness (QED) is 0.560. The van der Waals surface area contributed by atoms with Crippen molar-refractivity contribution in [3.8, 4) is 11.1 Å². The Labute approximate surface area is 193 Å². The lowest BCUT2D eigenvalue weighted by molar-refractivity contribution is -0.115. The molecule has 0 unspecified atom stereocenters. The highest BCUT2D eigenvalue weighted by atomic mass is 32.2. The number of carbonyl (C=O) groups is 2. The number of aromatic nitrogens is 1. The lowest BCUT2D eigenvalue weighted by atomic mass is 10.0. The molecule has 0 atom stereocenters. The van der Waals surface area contributed by atoms with Crippen LogP contribution in [0, 0.1) is 6.92 Å². The molecule has 2 saturated heterocycles. The first kappa shape index (κ1) is 21.8. The van der Waals surface area contributed by atoms with Crippen molar-refractivity contribution in [1.82, 2.24) is 14.6 Å². The Morgan fingerprint density at radius 3 is 2.64 bits per heavy atom. The third kappa shape index (κ3) is 4.08. The fourth-order valence-corrected chi connectivity index (χ4v) is 6.12. The van der Waals surface area contributed by atoms with Crippen molar-refractivity contribution in [2.75, 3.05) is 26.3 Å². The average molecular weight is 486 g/mol. The molecule has 2 aliphatic rings. The maximum atomic E-state index is 13.1. The van der Waals surface area contributed by atoms with E-state index in [0.29, 0.717) is 48.8 Å². The predicted octanol–water partition coefficient (Wildman–Crippen LogP) is 3.15. The van der Waals surface area contributed by atoms with Crippen LogP contribution >= 0.6 is 11.8 Å². The Hall–Kier alpha value is -2.99. The summed E-state index contributed by atoms with van der Waals surface area (Å²) in [6, 6.07) is 6.87. The second-order valence-electron chi connectivity index (χ2n) is 7.60. The van der Waals surface area contributed by atoms with Crippen LogP contribution in [0.1, 0.15) is 11.3 Å². The number of sulfonamides is 1. The zero-order valence-electron chi connectivity index (χ0n) is 17.5.